The van der Waals surface area contributed by atoms with Crippen LogP contribution in [0.3, 0.4) is 0 Å². The van der Waals surface area contributed by atoms with Gasteiger partial charge < -0.3 is 14.2 Å². The van der Waals surface area contributed by atoms with Crippen LogP contribution in [0.1, 0.15) is 16.1 Å². The Morgan fingerprint density at radius 3 is 2.16 bits per heavy atom. The molecule has 0 spiro atoms. The van der Waals surface area contributed by atoms with Crippen molar-refractivity contribution in [1.29, 1.82) is 0 Å². The maximum absolute atomic E-state index is 12.1. The van der Waals surface area contributed by atoms with Crippen LogP contribution in [0.5, 0.6) is 11.5 Å². The largest absolute Gasteiger partial charge is 0.497 e. The summed E-state index contributed by atoms with van der Waals surface area (Å²) in [6.45, 7) is 0.136. The molecule has 1 heterocycles. The van der Waals surface area contributed by atoms with Gasteiger partial charge in [0.05, 0.1) is 25.5 Å². The fourth-order valence-corrected chi connectivity index (χ4v) is 3.00. The molecule has 0 saturated heterocycles. The van der Waals surface area contributed by atoms with Crippen LogP contribution in [-0.2, 0) is 11.3 Å². The maximum Gasteiger partial charge on any atom is 0.338 e. The number of carbonyl (C=O) groups is 1. The van der Waals surface area contributed by atoms with Gasteiger partial charge in [-0.25, -0.2) is 9.78 Å². The van der Waals surface area contributed by atoms with E-state index in [9.17, 15) is 4.79 Å². The molecule has 3 rings (SSSR count). The molecule has 0 aliphatic carbocycles. The van der Waals surface area contributed by atoms with Crippen molar-refractivity contribution < 1.29 is 19.0 Å². The molecule has 25 heavy (non-hydrogen) atoms. The Bertz CT molecular complexity index is 841. The lowest BCUT2D eigenvalue weighted by Gasteiger charge is -2.04. The normalized spacial score (nSPS) is 10.3. The molecule has 3 aromatic rings. The highest BCUT2D eigenvalue weighted by Gasteiger charge is 2.10. The quantitative estimate of drug-likeness (QED) is 0.621. The molecule has 2 aromatic carbocycles. The van der Waals surface area contributed by atoms with E-state index in [1.54, 1.807) is 38.5 Å². The predicted molar refractivity (Wildman–Crippen MR) is 96.2 cm³/mol. The van der Waals surface area contributed by atoms with Crippen molar-refractivity contribution in [1.82, 2.24) is 4.98 Å². The fraction of sp³-hybridized carbons (Fsp3) is 0.158. The van der Waals surface area contributed by atoms with E-state index in [0.29, 0.717) is 11.3 Å². The number of hydrogen-bond donors (Lipinski definition) is 0. The average molecular weight is 355 g/mol. The summed E-state index contributed by atoms with van der Waals surface area (Å²) in [5, 5.41) is 2.76. The number of rotatable bonds is 6. The molecular formula is C19H17NO4S. The van der Waals surface area contributed by atoms with E-state index in [2.05, 4.69) is 4.98 Å². The number of ether oxygens (including phenoxy) is 3. The van der Waals surface area contributed by atoms with E-state index >= 15 is 0 Å². The van der Waals surface area contributed by atoms with Gasteiger partial charge in [0.15, 0.2) is 0 Å². The predicted octanol–water partition coefficient (Wildman–Crippen LogP) is 4.18. The molecule has 0 N–H and O–H groups in total. The zero-order valence-electron chi connectivity index (χ0n) is 13.9. The first-order chi connectivity index (χ1) is 12.2. The zero-order valence-corrected chi connectivity index (χ0v) is 14.7. The lowest BCUT2D eigenvalue weighted by Crippen LogP contribution is -2.05. The summed E-state index contributed by atoms with van der Waals surface area (Å²) in [6.07, 6.45) is 0. The Labute approximate surface area is 149 Å². The molecule has 128 valence electrons. The van der Waals surface area contributed by atoms with Crippen molar-refractivity contribution >= 4 is 17.3 Å². The van der Waals surface area contributed by atoms with Gasteiger partial charge in [0.2, 0.25) is 0 Å². The topological polar surface area (TPSA) is 57.7 Å². The number of methoxy groups -OCH3 is 2. The average Bonchev–Trinajstić information content (AvgIpc) is 3.15. The highest BCUT2D eigenvalue weighted by Crippen LogP contribution is 2.26. The second-order valence-electron chi connectivity index (χ2n) is 5.18. The standard InChI is InChI=1S/C19H17NO4S/c1-22-16-7-3-13(4-8-16)18-20-15(12-25-18)11-24-19(21)14-5-9-17(23-2)10-6-14/h3-10,12H,11H2,1-2H3. The minimum absolute atomic E-state index is 0.136. The summed E-state index contributed by atoms with van der Waals surface area (Å²) in [4.78, 5) is 16.6. The second kappa shape index (κ2) is 7.81. The molecule has 6 heteroatoms. The van der Waals surface area contributed by atoms with Gasteiger partial charge in [0, 0.05) is 10.9 Å². The van der Waals surface area contributed by atoms with Gasteiger partial charge in [0.25, 0.3) is 0 Å². The monoisotopic (exact) mass is 355 g/mol. The van der Waals surface area contributed by atoms with Crippen LogP contribution < -0.4 is 9.47 Å². The van der Waals surface area contributed by atoms with Crippen molar-refractivity contribution in [3.05, 3.63) is 65.2 Å². The van der Waals surface area contributed by atoms with Crippen LogP contribution in [0.2, 0.25) is 0 Å². The van der Waals surface area contributed by atoms with E-state index in [1.807, 2.05) is 29.6 Å². The van der Waals surface area contributed by atoms with Gasteiger partial charge >= 0.3 is 5.97 Å². The number of esters is 1. The third-order valence-corrected chi connectivity index (χ3v) is 4.51. The number of nitrogens with zero attached hydrogens (tertiary/aromatic N) is 1. The first-order valence-electron chi connectivity index (χ1n) is 7.59. The van der Waals surface area contributed by atoms with Crippen LogP contribution in [0.4, 0.5) is 0 Å². The summed E-state index contributed by atoms with van der Waals surface area (Å²) in [5.41, 5.74) is 2.20. The molecule has 5 nitrogen and oxygen atoms in total. The summed E-state index contributed by atoms with van der Waals surface area (Å²) < 4.78 is 15.5. The zero-order chi connectivity index (χ0) is 17.6. The summed E-state index contributed by atoms with van der Waals surface area (Å²) in [6, 6.07) is 14.5. The van der Waals surface area contributed by atoms with Gasteiger partial charge in [-0.05, 0) is 48.5 Å². The molecule has 0 radical (unpaired) electrons. The lowest BCUT2D eigenvalue weighted by atomic mass is 10.2. The Morgan fingerprint density at radius 2 is 1.56 bits per heavy atom. The number of benzene rings is 2. The number of thiazole rings is 1. The van der Waals surface area contributed by atoms with Gasteiger partial charge in [-0.3, -0.25) is 0 Å². The molecule has 0 aliphatic heterocycles. The van der Waals surface area contributed by atoms with Gasteiger partial charge in [-0.1, -0.05) is 0 Å². The van der Waals surface area contributed by atoms with E-state index in [1.165, 1.54) is 11.3 Å². The molecule has 0 atom stereocenters. The Kier molecular flexibility index (Phi) is 5.30. The van der Waals surface area contributed by atoms with Crippen molar-refractivity contribution in [3.8, 4) is 22.1 Å². The molecule has 0 amide bonds. The first-order valence-corrected chi connectivity index (χ1v) is 8.47. The lowest BCUT2D eigenvalue weighted by molar-refractivity contribution is 0.0468. The van der Waals surface area contributed by atoms with Crippen molar-refractivity contribution in [2.24, 2.45) is 0 Å². The summed E-state index contributed by atoms with van der Waals surface area (Å²) >= 11 is 1.51. The first kappa shape index (κ1) is 17.0. The second-order valence-corrected chi connectivity index (χ2v) is 6.04. The van der Waals surface area contributed by atoms with Crippen LogP contribution in [-0.4, -0.2) is 25.2 Å². The number of hydrogen-bond acceptors (Lipinski definition) is 6. The van der Waals surface area contributed by atoms with Crippen molar-refractivity contribution in [3.63, 3.8) is 0 Å². The van der Waals surface area contributed by atoms with Crippen molar-refractivity contribution in [2.75, 3.05) is 14.2 Å². The number of aromatic nitrogens is 1. The van der Waals surface area contributed by atoms with Crippen LogP contribution in [0, 0.1) is 0 Å². The molecule has 0 bridgehead atoms. The fourth-order valence-electron chi connectivity index (χ4n) is 2.19. The number of carbonyl (C=O) groups excluding carboxylic acids is 1. The minimum Gasteiger partial charge on any atom is -0.497 e. The van der Waals surface area contributed by atoms with Gasteiger partial charge in [-0.2, -0.15) is 0 Å². The van der Waals surface area contributed by atoms with E-state index in [-0.39, 0.29) is 12.6 Å². The maximum atomic E-state index is 12.1. The molecule has 0 saturated carbocycles. The Balaban J connectivity index is 1.61. The van der Waals surface area contributed by atoms with Gasteiger partial charge in [-0.15, -0.1) is 11.3 Å². The van der Waals surface area contributed by atoms with Crippen molar-refractivity contribution in [2.45, 2.75) is 6.61 Å². The summed E-state index contributed by atoms with van der Waals surface area (Å²) in [7, 11) is 3.21. The summed E-state index contributed by atoms with van der Waals surface area (Å²) in [5.74, 6) is 1.11. The van der Waals surface area contributed by atoms with E-state index < -0.39 is 0 Å². The Hall–Kier alpha value is -2.86. The third-order valence-electron chi connectivity index (χ3n) is 3.57. The van der Waals surface area contributed by atoms with Crippen LogP contribution >= 0.6 is 11.3 Å². The highest BCUT2D eigenvalue weighted by molar-refractivity contribution is 7.13. The van der Waals surface area contributed by atoms with Crippen LogP contribution in [0.25, 0.3) is 10.6 Å². The molecule has 1 aromatic heterocycles. The third kappa shape index (κ3) is 4.16. The van der Waals surface area contributed by atoms with Gasteiger partial charge in [0.1, 0.15) is 23.1 Å². The SMILES string of the molecule is COc1ccc(C(=O)OCc2csc(-c3ccc(OC)cc3)n2)cc1. The molecule has 0 unspecified atom stereocenters. The van der Waals surface area contributed by atoms with Crippen LogP contribution in [0.15, 0.2) is 53.9 Å². The Morgan fingerprint density at radius 1 is 0.960 bits per heavy atom. The van der Waals surface area contributed by atoms with E-state index in [0.717, 1.165) is 22.0 Å². The highest BCUT2D eigenvalue weighted by atomic mass is 32.1. The smallest absolute Gasteiger partial charge is 0.338 e. The molecular weight excluding hydrogens is 338 g/mol. The van der Waals surface area contributed by atoms with E-state index in [4.69, 9.17) is 14.2 Å². The molecule has 0 fully saturated rings. The molecule has 0 aliphatic rings. The minimum atomic E-state index is -0.387.